The van der Waals surface area contributed by atoms with Crippen LogP contribution in [0.2, 0.25) is 0 Å². The molecule has 8 atom stereocenters. The molecule has 6 rings (SSSR count). The van der Waals surface area contributed by atoms with E-state index in [9.17, 15) is 20.0 Å². The highest BCUT2D eigenvalue weighted by Gasteiger charge is 2.68. The number of aromatic nitrogens is 1. The summed E-state index contributed by atoms with van der Waals surface area (Å²) >= 11 is 0. The van der Waals surface area contributed by atoms with E-state index in [-0.39, 0.29) is 35.0 Å². The van der Waals surface area contributed by atoms with Crippen molar-refractivity contribution in [3.05, 3.63) is 82.0 Å². The Morgan fingerprint density at radius 3 is 2.47 bits per heavy atom. The molecule has 8 unspecified atom stereocenters. The molecule has 9 nitrogen and oxygen atoms in total. The summed E-state index contributed by atoms with van der Waals surface area (Å²) in [5, 5.41) is 21.7. The van der Waals surface area contributed by atoms with Crippen LogP contribution in [-0.4, -0.2) is 51.6 Å². The Labute approximate surface area is 303 Å². The van der Waals surface area contributed by atoms with Crippen molar-refractivity contribution in [2.24, 2.45) is 23.2 Å². The first kappa shape index (κ1) is 37.1. The van der Waals surface area contributed by atoms with Gasteiger partial charge in [0.25, 0.3) is 0 Å². The number of aliphatic hydroxyl groups is 1. The number of hydrogen-bond acceptors (Lipinski definition) is 9. The molecule has 2 aliphatic carbocycles. The van der Waals surface area contributed by atoms with Crippen LogP contribution in [0.3, 0.4) is 0 Å². The predicted molar refractivity (Wildman–Crippen MR) is 199 cm³/mol. The molecule has 2 saturated carbocycles. The third-order valence-corrected chi connectivity index (χ3v) is 15.0. The van der Waals surface area contributed by atoms with Crippen molar-refractivity contribution < 1.29 is 28.0 Å². The number of benzene rings is 1. The van der Waals surface area contributed by atoms with Crippen LogP contribution >= 0.6 is 10.3 Å². The van der Waals surface area contributed by atoms with Crippen LogP contribution in [0.5, 0.6) is 5.75 Å². The SMILES string of the molecule is CCCCS(C)(CCCC)OC1CCC2(C)C(CC(OC(=O)c3ccc(C#N)cc3)C3(C)Oc4cc(-c5cccnc5)oc(=O)c4C(O)C23)C1C. The number of ether oxygens (including phenoxy) is 2. The van der Waals surface area contributed by atoms with Crippen LogP contribution in [0.4, 0.5) is 0 Å². The van der Waals surface area contributed by atoms with Crippen molar-refractivity contribution in [3.8, 4) is 23.1 Å². The van der Waals surface area contributed by atoms with Crippen LogP contribution in [-0.2, 0) is 8.92 Å². The first-order chi connectivity index (χ1) is 24.4. The summed E-state index contributed by atoms with van der Waals surface area (Å²) in [5.74, 6) is 1.62. The molecule has 3 aromatic rings. The maximum atomic E-state index is 13.8. The number of unbranched alkanes of at least 4 members (excludes halogenated alkanes) is 2. The smallest absolute Gasteiger partial charge is 0.345 e. The zero-order valence-corrected chi connectivity index (χ0v) is 31.5. The number of pyridine rings is 1. The normalized spacial score (nSPS) is 30.2. The van der Waals surface area contributed by atoms with Gasteiger partial charge in [0.1, 0.15) is 28.8 Å². The molecule has 274 valence electrons. The number of fused-ring (bicyclic) bond motifs is 4. The van der Waals surface area contributed by atoms with Gasteiger partial charge in [0.15, 0.2) is 0 Å². The Kier molecular flexibility index (Phi) is 10.7. The van der Waals surface area contributed by atoms with E-state index in [1.807, 2.05) is 6.92 Å². The molecule has 3 aliphatic rings. The number of nitriles is 1. The standard InChI is InChI=1S/C41H52N2O7S/c1-7-9-20-51(6,21-10-8-2)50-31-17-18-40(4)30(26(31)3)22-34(48-38(45)28-15-13-27(24-42)14-16-28)41(5)37(40)36(44)35-33(49-41)23-32(47-39(35)46)29-12-11-19-43-25-29/h11-16,19,23,25-26,30-31,34,36-37,44H,7-10,17-18,20-22H2,1-6H3. The summed E-state index contributed by atoms with van der Waals surface area (Å²) in [6.45, 7) is 10.8. The third-order valence-electron chi connectivity index (χ3n) is 12.0. The summed E-state index contributed by atoms with van der Waals surface area (Å²) in [5.41, 5.74) is -0.866. The average Bonchev–Trinajstić information content (AvgIpc) is 3.12. The highest BCUT2D eigenvalue weighted by Crippen LogP contribution is 2.66. The molecular formula is C41H52N2O7S. The summed E-state index contributed by atoms with van der Waals surface area (Å²) in [4.78, 5) is 31.7. The van der Waals surface area contributed by atoms with Crippen LogP contribution in [0.1, 0.15) is 107 Å². The van der Waals surface area contributed by atoms with Gasteiger partial charge < -0.3 is 23.2 Å². The molecule has 0 spiro atoms. The number of nitrogens with zero attached hydrogens (tertiary/aromatic N) is 2. The van der Waals surface area contributed by atoms with E-state index in [1.165, 1.54) is 0 Å². The molecule has 0 radical (unpaired) electrons. The lowest BCUT2D eigenvalue weighted by molar-refractivity contribution is -0.240. The first-order valence-corrected chi connectivity index (χ1v) is 20.8. The Bertz CT molecular complexity index is 1800. The minimum Gasteiger partial charge on any atom is -0.482 e. The maximum absolute atomic E-state index is 13.8. The van der Waals surface area contributed by atoms with Crippen molar-refractivity contribution in [1.82, 2.24) is 4.98 Å². The average molecular weight is 717 g/mol. The largest absolute Gasteiger partial charge is 0.482 e. The Balaban J connectivity index is 1.40. The minimum absolute atomic E-state index is 0.00408. The monoisotopic (exact) mass is 716 g/mol. The molecule has 51 heavy (non-hydrogen) atoms. The molecule has 0 amide bonds. The number of rotatable bonds is 11. The van der Waals surface area contributed by atoms with Crippen LogP contribution in [0, 0.1) is 34.5 Å². The molecule has 10 heteroatoms. The van der Waals surface area contributed by atoms with E-state index < -0.39 is 51.0 Å². The van der Waals surface area contributed by atoms with Gasteiger partial charge in [0.05, 0.1) is 29.4 Å². The van der Waals surface area contributed by atoms with E-state index in [2.05, 4.69) is 45.0 Å². The minimum atomic E-state index is -1.29. The lowest BCUT2D eigenvalue weighted by atomic mass is 9.46. The fourth-order valence-corrected chi connectivity index (χ4v) is 12.3. The molecule has 1 N–H and O–H groups in total. The Morgan fingerprint density at radius 2 is 1.84 bits per heavy atom. The second-order valence-corrected chi connectivity index (χ2v) is 18.8. The van der Waals surface area contributed by atoms with Gasteiger partial charge in [-0.1, -0.05) is 40.5 Å². The maximum Gasteiger partial charge on any atom is 0.345 e. The van der Waals surface area contributed by atoms with Crippen molar-refractivity contribution >= 4 is 16.3 Å². The van der Waals surface area contributed by atoms with Crippen molar-refractivity contribution in [1.29, 1.82) is 5.26 Å². The molecule has 2 fully saturated rings. The summed E-state index contributed by atoms with van der Waals surface area (Å²) in [6, 6.07) is 13.6. The second-order valence-electron chi connectivity index (χ2n) is 15.4. The van der Waals surface area contributed by atoms with Crippen LogP contribution in [0.25, 0.3) is 11.3 Å². The van der Waals surface area contributed by atoms with Gasteiger partial charge in [-0.25, -0.2) is 9.59 Å². The zero-order chi connectivity index (χ0) is 36.6. The number of esters is 1. The molecule has 0 saturated heterocycles. The summed E-state index contributed by atoms with van der Waals surface area (Å²) < 4.78 is 26.3. The van der Waals surface area contributed by atoms with Gasteiger partial charge in [0, 0.05) is 29.9 Å². The Morgan fingerprint density at radius 1 is 1.14 bits per heavy atom. The number of hydrogen-bond donors (Lipinski definition) is 1. The topological polar surface area (TPSA) is 132 Å². The summed E-state index contributed by atoms with van der Waals surface area (Å²) in [6.07, 6.45) is 10.2. The fourth-order valence-electron chi connectivity index (χ4n) is 9.22. The number of aliphatic hydroxyl groups excluding tert-OH is 1. The quantitative estimate of drug-likeness (QED) is 0.194. The Hall–Kier alpha value is -3.65. The first-order valence-electron chi connectivity index (χ1n) is 18.5. The van der Waals surface area contributed by atoms with Gasteiger partial charge in [-0.05, 0) is 110 Å². The van der Waals surface area contributed by atoms with Gasteiger partial charge in [0.2, 0.25) is 0 Å². The van der Waals surface area contributed by atoms with Gasteiger partial charge in [-0.15, -0.1) is 10.3 Å². The highest BCUT2D eigenvalue weighted by molar-refractivity contribution is 8.29. The fraction of sp³-hybridized carbons (Fsp3) is 0.561. The van der Waals surface area contributed by atoms with Gasteiger partial charge in [-0.3, -0.25) is 4.98 Å². The van der Waals surface area contributed by atoms with Crippen LogP contribution in [0.15, 0.2) is 64.1 Å². The molecule has 0 bridgehead atoms. The van der Waals surface area contributed by atoms with E-state index >= 15 is 0 Å². The van der Waals surface area contributed by atoms with E-state index in [1.54, 1.807) is 54.9 Å². The lowest BCUT2D eigenvalue weighted by Gasteiger charge is -2.64. The highest BCUT2D eigenvalue weighted by atomic mass is 32.3. The number of carbonyl (C=O) groups is 1. The van der Waals surface area contributed by atoms with E-state index in [4.69, 9.17) is 18.1 Å². The lowest BCUT2D eigenvalue weighted by Crippen LogP contribution is -2.69. The third kappa shape index (κ3) is 6.97. The van der Waals surface area contributed by atoms with Gasteiger partial charge >= 0.3 is 11.6 Å². The van der Waals surface area contributed by atoms with Crippen molar-refractivity contribution in [3.63, 3.8) is 0 Å². The van der Waals surface area contributed by atoms with Crippen LogP contribution < -0.4 is 10.4 Å². The molecule has 2 aromatic heterocycles. The summed E-state index contributed by atoms with van der Waals surface area (Å²) in [7, 11) is -1.29. The number of carbonyl (C=O) groups excluding carboxylic acids is 1. The van der Waals surface area contributed by atoms with Crippen molar-refractivity contribution in [2.75, 3.05) is 17.8 Å². The van der Waals surface area contributed by atoms with E-state index in [0.717, 1.165) is 50.0 Å². The molecule has 1 aliphatic heterocycles. The zero-order valence-electron chi connectivity index (χ0n) is 30.7. The predicted octanol–water partition coefficient (Wildman–Crippen LogP) is 8.39. The van der Waals surface area contributed by atoms with Gasteiger partial charge in [-0.2, -0.15) is 5.26 Å². The van der Waals surface area contributed by atoms with Crippen molar-refractivity contribution in [2.45, 2.75) is 103 Å². The van der Waals surface area contributed by atoms with E-state index in [0.29, 0.717) is 23.1 Å². The second kappa shape index (κ2) is 14.8. The molecule has 3 heterocycles. The molecule has 1 aromatic carbocycles. The molecular weight excluding hydrogens is 665 g/mol.